The maximum absolute atomic E-state index is 12.7. The van der Waals surface area contributed by atoms with Gasteiger partial charge in [0.05, 0.1) is 29.6 Å². The molecule has 3 rings (SSSR count). The Morgan fingerprint density at radius 2 is 1.51 bits per heavy atom. The van der Waals surface area contributed by atoms with E-state index in [1.807, 2.05) is 46.8 Å². The average Bonchev–Trinajstić information content (AvgIpc) is 2.91. The Labute approximate surface area is 247 Å². The number of hydrogen-bond acceptors (Lipinski definition) is 7. The maximum Gasteiger partial charge on any atom is 0.329 e. The van der Waals surface area contributed by atoms with Gasteiger partial charge in [-0.1, -0.05) is 29.8 Å². The van der Waals surface area contributed by atoms with Gasteiger partial charge in [0.25, 0.3) is 5.91 Å². The highest BCUT2D eigenvalue weighted by Gasteiger charge is 2.17. The van der Waals surface area contributed by atoms with Gasteiger partial charge in [-0.05, 0) is 91.5 Å². The molecule has 0 saturated heterocycles. The lowest BCUT2D eigenvalue weighted by Gasteiger charge is -2.16. The van der Waals surface area contributed by atoms with Crippen LogP contribution in [0.5, 0.6) is 17.2 Å². The minimum atomic E-state index is -0.957. The predicted octanol–water partition coefficient (Wildman–Crippen LogP) is 5.28. The molecule has 3 aromatic rings. The molecule has 216 valence electrons. The van der Waals surface area contributed by atoms with E-state index in [9.17, 15) is 14.4 Å². The molecule has 0 aromatic heterocycles. The van der Waals surface area contributed by atoms with Gasteiger partial charge in [0, 0.05) is 5.69 Å². The second-order valence-corrected chi connectivity index (χ2v) is 9.81. The van der Waals surface area contributed by atoms with Gasteiger partial charge in [0.1, 0.15) is 5.75 Å². The van der Waals surface area contributed by atoms with Crippen molar-refractivity contribution >= 4 is 51.2 Å². The number of nitrogens with zero attached hydrogens (tertiary/aromatic N) is 1. The number of ether oxygens (including phenoxy) is 3. The summed E-state index contributed by atoms with van der Waals surface area (Å²) < 4.78 is 17.5. The number of carbonyl (C=O) groups excluding carboxylic acids is 3. The number of benzene rings is 3. The fourth-order valence-electron chi connectivity index (χ4n) is 4.00. The van der Waals surface area contributed by atoms with Crippen LogP contribution in [0.15, 0.2) is 58.1 Å². The number of hydrazone groups is 1. The predicted molar refractivity (Wildman–Crippen MR) is 162 cm³/mol. The normalized spacial score (nSPS) is 10.7. The minimum Gasteiger partial charge on any atom is -0.492 e. The van der Waals surface area contributed by atoms with Crippen LogP contribution >= 0.6 is 15.9 Å². The van der Waals surface area contributed by atoms with Gasteiger partial charge >= 0.3 is 11.8 Å². The molecule has 3 aromatic carbocycles. The van der Waals surface area contributed by atoms with Gasteiger partial charge in [-0.3, -0.25) is 14.4 Å². The number of halogens is 1. The molecule has 0 unspecified atom stereocenters. The molecule has 3 N–H and O–H groups in total. The lowest BCUT2D eigenvalue weighted by Crippen LogP contribution is -2.32. The summed E-state index contributed by atoms with van der Waals surface area (Å²) in [5, 5.41) is 9.30. The van der Waals surface area contributed by atoms with Crippen molar-refractivity contribution in [3.05, 3.63) is 75.3 Å². The zero-order valence-electron chi connectivity index (χ0n) is 23.6. The summed E-state index contributed by atoms with van der Waals surface area (Å²) >= 11 is 3.46. The van der Waals surface area contributed by atoms with Crippen LogP contribution in [-0.4, -0.2) is 43.8 Å². The number of carbonyl (C=O) groups is 3. The highest BCUT2D eigenvalue weighted by Crippen LogP contribution is 2.36. The van der Waals surface area contributed by atoms with Crippen molar-refractivity contribution in [2.24, 2.45) is 5.10 Å². The molecular weight excluding hydrogens is 592 g/mol. The van der Waals surface area contributed by atoms with Gasteiger partial charge in [0.2, 0.25) is 0 Å². The first-order valence-corrected chi connectivity index (χ1v) is 13.7. The minimum absolute atomic E-state index is 0.240. The van der Waals surface area contributed by atoms with Gasteiger partial charge in [-0.2, -0.15) is 5.10 Å². The Kier molecular flexibility index (Phi) is 11.3. The van der Waals surface area contributed by atoms with E-state index in [2.05, 4.69) is 37.1 Å². The van der Waals surface area contributed by atoms with Crippen LogP contribution in [0.25, 0.3) is 0 Å². The van der Waals surface area contributed by atoms with Crippen LogP contribution in [-0.2, 0) is 14.4 Å². The van der Waals surface area contributed by atoms with Gasteiger partial charge < -0.3 is 24.8 Å². The van der Waals surface area contributed by atoms with Gasteiger partial charge in [0.15, 0.2) is 18.1 Å². The Morgan fingerprint density at radius 3 is 2.20 bits per heavy atom. The summed E-state index contributed by atoms with van der Waals surface area (Å²) in [6, 6.07) is 14.1. The molecule has 0 spiro atoms. The average molecular weight is 626 g/mol. The van der Waals surface area contributed by atoms with Crippen LogP contribution in [0.4, 0.5) is 11.4 Å². The number of aryl methyl sites for hydroxylation is 3. The Hall–Kier alpha value is -4.38. The number of anilines is 2. The summed E-state index contributed by atoms with van der Waals surface area (Å²) in [4.78, 5) is 37.2. The topological polar surface area (TPSA) is 127 Å². The highest BCUT2D eigenvalue weighted by molar-refractivity contribution is 9.10. The third kappa shape index (κ3) is 8.81. The van der Waals surface area contributed by atoms with E-state index >= 15 is 0 Å². The van der Waals surface area contributed by atoms with E-state index in [4.69, 9.17) is 14.2 Å². The molecular formula is C30H33BrN4O6. The van der Waals surface area contributed by atoms with Gasteiger partial charge in [-0.25, -0.2) is 5.43 Å². The first-order chi connectivity index (χ1) is 19.6. The number of para-hydroxylation sites is 2. The van der Waals surface area contributed by atoms with Crippen molar-refractivity contribution in [1.29, 1.82) is 0 Å². The third-order valence-electron chi connectivity index (χ3n) is 5.64. The molecule has 10 nitrogen and oxygen atoms in total. The maximum atomic E-state index is 12.7. The van der Waals surface area contributed by atoms with Crippen molar-refractivity contribution in [1.82, 2.24) is 5.43 Å². The first kappa shape index (κ1) is 31.2. The second-order valence-electron chi connectivity index (χ2n) is 8.96. The van der Waals surface area contributed by atoms with Crippen LogP contribution in [0, 0.1) is 20.8 Å². The van der Waals surface area contributed by atoms with Crippen molar-refractivity contribution < 1.29 is 28.6 Å². The van der Waals surface area contributed by atoms with Crippen molar-refractivity contribution in [2.75, 3.05) is 30.5 Å². The summed E-state index contributed by atoms with van der Waals surface area (Å²) in [5.41, 5.74) is 6.93. The Bertz CT molecular complexity index is 1430. The molecule has 41 heavy (non-hydrogen) atoms. The molecule has 0 radical (unpaired) electrons. The Morgan fingerprint density at radius 1 is 0.854 bits per heavy atom. The first-order valence-electron chi connectivity index (χ1n) is 13.0. The standard InChI is InChI=1S/C30H33BrN4O6/c1-6-39-24-11-9-8-10-23(24)33-29(37)30(38)35-32-16-21-14-22(31)28(25(15-21)40-7-2)41-17-26(36)34-27-19(4)12-18(3)13-20(27)5/h8-16H,6-7,17H2,1-5H3,(H,33,37)(H,34,36)(H,35,38)/b32-16-. The summed E-state index contributed by atoms with van der Waals surface area (Å²) in [7, 11) is 0. The lowest BCUT2D eigenvalue weighted by molar-refractivity contribution is -0.136. The summed E-state index contributed by atoms with van der Waals surface area (Å²) in [6.45, 7) is 10.0. The number of amides is 3. The van der Waals surface area contributed by atoms with Crippen molar-refractivity contribution in [2.45, 2.75) is 34.6 Å². The van der Waals surface area contributed by atoms with E-state index in [0.717, 1.165) is 22.4 Å². The zero-order valence-corrected chi connectivity index (χ0v) is 25.2. The largest absolute Gasteiger partial charge is 0.492 e. The van der Waals surface area contributed by atoms with E-state index in [1.54, 1.807) is 36.4 Å². The monoisotopic (exact) mass is 624 g/mol. The molecule has 0 aliphatic rings. The molecule has 0 atom stereocenters. The zero-order chi connectivity index (χ0) is 29.9. The van der Waals surface area contributed by atoms with E-state index in [0.29, 0.717) is 46.2 Å². The molecule has 3 amide bonds. The van der Waals surface area contributed by atoms with E-state index < -0.39 is 11.8 Å². The van der Waals surface area contributed by atoms with Crippen LogP contribution in [0.2, 0.25) is 0 Å². The lowest BCUT2D eigenvalue weighted by atomic mass is 10.1. The van der Waals surface area contributed by atoms with Gasteiger partial charge in [-0.15, -0.1) is 0 Å². The summed E-state index contributed by atoms with van der Waals surface area (Å²) in [6.07, 6.45) is 1.35. The number of rotatable bonds is 11. The summed E-state index contributed by atoms with van der Waals surface area (Å²) in [5.74, 6) is -1.01. The third-order valence-corrected chi connectivity index (χ3v) is 6.23. The molecule has 0 saturated carbocycles. The van der Waals surface area contributed by atoms with E-state index in [-0.39, 0.29) is 12.5 Å². The second kappa shape index (κ2) is 14.8. The van der Waals surface area contributed by atoms with Crippen LogP contribution in [0.1, 0.15) is 36.1 Å². The quantitative estimate of drug-likeness (QED) is 0.151. The van der Waals surface area contributed by atoms with Crippen LogP contribution in [0.3, 0.4) is 0 Å². The smallest absolute Gasteiger partial charge is 0.329 e. The van der Waals surface area contributed by atoms with Crippen LogP contribution < -0.4 is 30.3 Å². The molecule has 0 fully saturated rings. The molecule has 0 aliphatic heterocycles. The highest BCUT2D eigenvalue weighted by atomic mass is 79.9. The molecule has 11 heteroatoms. The number of nitrogens with one attached hydrogen (secondary N) is 3. The van der Waals surface area contributed by atoms with E-state index in [1.165, 1.54) is 6.21 Å². The molecule has 0 bridgehead atoms. The fraction of sp³-hybridized carbons (Fsp3) is 0.267. The molecule has 0 aliphatic carbocycles. The fourth-order valence-corrected chi connectivity index (χ4v) is 4.58. The van der Waals surface area contributed by atoms with Crippen molar-refractivity contribution in [3.8, 4) is 17.2 Å². The van der Waals surface area contributed by atoms with Crippen molar-refractivity contribution in [3.63, 3.8) is 0 Å². The number of hydrogen-bond donors (Lipinski definition) is 3. The Balaban J connectivity index is 1.64. The SMILES string of the molecule is CCOc1ccccc1NC(=O)C(=O)N/N=C\c1cc(Br)c(OCC(=O)Nc2c(C)cc(C)cc2C)c(OCC)c1. The molecule has 0 heterocycles.